The van der Waals surface area contributed by atoms with E-state index in [2.05, 4.69) is 5.32 Å². The topological polar surface area (TPSA) is 90.6 Å². The monoisotopic (exact) mass is 342 g/mol. The van der Waals surface area contributed by atoms with E-state index in [1.54, 1.807) is 0 Å². The summed E-state index contributed by atoms with van der Waals surface area (Å²) in [6, 6.07) is 17.8. The van der Waals surface area contributed by atoms with Crippen LogP contribution in [0.15, 0.2) is 60.7 Å². The second-order valence-corrected chi connectivity index (χ2v) is 5.43. The summed E-state index contributed by atoms with van der Waals surface area (Å²) in [6.45, 7) is 0.507. The van der Waals surface area contributed by atoms with Gasteiger partial charge in [0, 0.05) is 0 Å². The number of carbonyl (C=O) groups excluding carboxylic acids is 2. The third-order valence-corrected chi connectivity index (χ3v) is 3.47. The Morgan fingerprint density at radius 1 is 0.880 bits per heavy atom. The van der Waals surface area contributed by atoms with Crippen LogP contribution in [-0.4, -0.2) is 24.6 Å². The fraction of sp³-hybridized carbons (Fsp3) is 0.263. The number of nitrogens with two attached hydrogens (primary N) is 1. The van der Waals surface area contributed by atoms with E-state index in [-0.39, 0.29) is 26.2 Å². The summed E-state index contributed by atoms with van der Waals surface area (Å²) in [5, 5.41) is 2.51. The molecule has 0 aromatic heterocycles. The lowest BCUT2D eigenvalue weighted by atomic mass is 10.2. The molecule has 0 saturated carbocycles. The van der Waals surface area contributed by atoms with Crippen molar-refractivity contribution >= 4 is 12.1 Å². The quantitative estimate of drug-likeness (QED) is 0.719. The van der Waals surface area contributed by atoms with Crippen molar-refractivity contribution in [1.82, 2.24) is 5.32 Å². The van der Waals surface area contributed by atoms with Gasteiger partial charge in [-0.1, -0.05) is 60.7 Å². The van der Waals surface area contributed by atoms with Gasteiger partial charge in [-0.05, 0) is 24.1 Å². The maximum absolute atomic E-state index is 12.2. The Bertz CT molecular complexity index is 662. The number of alkyl carbamates (subject to hydrolysis) is 1. The van der Waals surface area contributed by atoms with E-state index in [1.165, 1.54) is 0 Å². The molecule has 0 saturated heterocycles. The van der Waals surface area contributed by atoms with Crippen LogP contribution in [0, 0.1) is 0 Å². The summed E-state index contributed by atoms with van der Waals surface area (Å²) in [7, 11) is 0. The van der Waals surface area contributed by atoms with E-state index >= 15 is 0 Å². The molecular weight excluding hydrogens is 320 g/mol. The minimum Gasteiger partial charge on any atom is -0.459 e. The molecule has 0 aliphatic heterocycles. The number of amides is 1. The highest BCUT2D eigenvalue weighted by Gasteiger charge is 2.22. The minimum absolute atomic E-state index is 0.126. The molecule has 0 bridgehead atoms. The van der Waals surface area contributed by atoms with Gasteiger partial charge in [0.25, 0.3) is 0 Å². The van der Waals surface area contributed by atoms with E-state index in [0.717, 1.165) is 11.1 Å². The highest BCUT2D eigenvalue weighted by molar-refractivity contribution is 5.81. The van der Waals surface area contributed by atoms with Gasteiger partial charge >= 0.3 is 12.1 Å². The average molecular weight is 342 g/mol. The highest BCUT2D eigenvalue weighted by Crippen LogP contribution is 2.05. The van der Waals surface area contributed by atoms with Gasteiger partial charge in [0.15, 0.2) is 0 Å². The van der Waals surface area contributed by atoms with Gasteiger partial charge in [-0.2, -0.15) is 0 Å². The van der Waals surface area contributed by atoms with Crippen molar-refractivity contribution in [3.05, 3.63) is 71.8 Å². The van der Waals surface area contributed by atoms with Crippen molar-refractivity contribution in [2.75, 3.05) is 6.54 Å². The number of esters is 1. The Hall–Kier alpha value is -2.86. The van der Waals surface area contributed by atoms with Crippen LogP contribution in [0.3, 0.4) is 0 Å². The summed E-state index contributed by atoms with van der Waals surface area (Å²) in [5.41, 5.74) is 7.25. The second-order valence-electron chi connectivity index (χ2n) is 5.43. The molecule has 0 aliphatic rings. The molecule has 132 valence electrons. The molecule has 0 heterocycles. The first-order chi connectivity index (χ1) is 12.2. The second kappa shape index (κ2) is 10.1. The van der Waals surface area contributed by atoms with Gasteiger partial charge in [0.2, 0.25) is 0 Å². The van der Waals surface area contributed by atoms with Gasteiger partial charge in [0.1, 0.15) is 19.3 Å². The van der Waals surface area contributed by atoms with Gasteiger partial charge in [-0.15, -0.1) is 0 Å². The van der Waals surface area contributed by atoms with E-state index in [1.807, 2.05) is 60.7 Å². The van der Waals surface area contributed by atoms with Crippen LogP contribution in [0.4, 0.5) is 4.79 Å². The van der Waals surface area contributed by atoms with Crippen LogP contribution < -0.4 is 11.1 Å². The Kier molecular flexibility index (Phi) is 7.46. The Balaban J connectivity index is 1.81. The number of hydrogen-bond acceptors (Lipinski definition) is 5. The van der Waals surface area contributed by atoms with Crippen molar-refractivity contribution in [2.24, 2.45) is 5.73 Å². The van der Waals surface area contributed by atoms with Crippen LogP contribution in [0.5, 0.6) is 0 Å². The SMILES string of the molecule is NCCC(NC(=O)OCc1ccccc1)C(=O)OCc1ccccc1. The predicted octanol–water partition coefficient (Wildman–Crippen LogP) is 2.37. The van der Waals surface area contributed by atoms with Gasteiger partial charge in [0.05, 0.1) is 0 Å². The highest BCUT2D eigenvalue weighted by atomic mass is 16.6. The lowest BCUT2D eigenvalue weighted by Crippen LogP contribution is -2.43. The van der Waals surface area contributed by atoms with Crippen molar-refractivity contribution in [3.63, 3.8) is 0 Å². The van der Waals surface area contributed by atoms with E-state index in [4.69, 9.17) is 15.2 Å². The maximum Gasteiger partial charge on any atom is 0.408 e. The molecule has 25 heavy (non-hydrogen) atoms. The van der Waals surface area contributed by atoms with Crippen molar-refractivity contribution < 1.29 is 19.1 Å². The summed E-state index contributed by atoms with van der Waals surface area (Å²) in [5.74, 6) is -0.536. The molecule has 1 atom stereocenters. The van der Waals surface area contributed by atoms with Crippen molar-refractivity contribution in [3.8, 4) is 0 Å². The Labute approximate surface area is 146 Å². The fourth-order valence-electron chi connectivity index (χ4n) is 2.15. The maximum atomic E-state index is 12.2. The van der Waals surface area contributed by atoms with Gasteiger partial charge < -0.3 is 20.5 Å². The molecule has 6 heteroatoms. The van der Waals surface area contributed by atoms with Gasteiger partial charge in [-0.3, -0.25) is 0 Å². The average Bonchev–Trinajstić information content (AvgIpc) is 2.66. The smallest absolute Gasteiger partial charge is 0.408 e. The molecule has 2 aromatic carbocycles. The molecule has 0 aliphatic carbocycles. The third-order valence-electron chi connectivity index (χ3n) is 3.47. The summed E-state index contributed by atoms with van der Waals surface area (Å²) in [4.78, 5) is 24.1. The van der Waals surface area contributed by atoms with E-state index in [9.17, 15) is 9.59 Å². The zero-order valence-electron chi connectivity index (χ0n) is 13.9. The Morgan fingerprint density at radius 2 is 1.40 bits per heavy atom. The zero-order valence-corrected chi connectivity index (χ0v) is 13.9. The number of nitrogens with one attached hydrogen (secondary N) is 1. The first-order valence-corrected chi connectivity index (χ1v) is 8.07. The summed E-state index contributed by atoms with van der Waals surface area (Å²) in [6.07, 6.45) is -0.410. The summed E-state index contributed by atoms with van der Waals surface area (Å²) < 4.78 is 10.4. The van der Waals surface area contributed by atoms with Crippen LogP contribution in [-0.2, 0) is 27.5 Å². The minimum atomic E-state index is -0.836. The first-order valence-electron chi connectivity index (χ1n) is 8.07. The van der Waals surface area contributed by atoms with Crippen LogP contribution in [0.2, 0.25) is 0 Å². The normalized spacial score (nSPS) is 11.4. The van der Waals surface area contributed by atoms with E-state index < -0.39 is 18.1 Å². The molecule has 0 radical (unpaired) electrons. The standard InChI is InChI=1S/C19H22N2O4/c20-12-11-17(18(22)24-13-15-7-3-1-4-8-15)21-19(23)25-14-16-9-5-2-6-10-16/h1-10,17H,11-14,20H2,(H,21,23). The van der Waals surface area contributed by atoms with Crippen molar-refractivity contribution in [2.45, 2.75) is 25.7 Å². The molecule has 0 spiro atoms. The van der Waals surface area contributed by atoms with E-state index in [0.29, 0.717) is 0 Å². The largest absolute Gasteiger partial charge is 0.459 e. The third kappa shape index (κ3) is 6.64. The first kappa shape index (κ1) is 18.5. The predicted molar refractivity (Wildman–Crippen MR) is 93.5 cm³/mol. The number of ether oxygens (including phenoxy) is 2. The fourth-order valence-corrected chi connectivity index (χ4v) is 2.15. The molecule has 2 rings (SSSR count). The number of rotatable bonds is 8. The molecule has 2 aromatic rings. The molecule has 0 fully saturated rings. The number of hydrogen-bond donors (Lipinski definition) is 2. The van der Waals surface area contributed by atoms with Crippen LogP contribution >= 0.6 is 0 Å². The molecule has 1 amide bonds. The number of benzene rings is 2. The van der Waals surface area contributed by atoms with Gasteiger partial charge in [-0.25, -0.2) is 9.59 Å². The number of carbonyl (C=O) groups is 2. The molecule has 1 unspecified atom stereocenters. The Morgan fingerprint density at radius 3 is 1.92 bits per heavy atom. The lowest BCUT2D eigenvalue weighted by molar-refractivity contribution is -0.147. The lowest BCUT2D eigenvalue weighted by Gasteiger charge is -2.17. The molecule has 6 nitrogen and oxygen atoms in total. The van der Waals surface area contributed by atoms with Crippen LogP contribution in [0.1, 0.15) is 17.5 Å². The molecular formula is C19H22N2O4. The van der Waals surface area contributed by atoms with Crippen molar-refractivity contribution in [1.29, 1.82) is 0 Å². The van der Waals surface area contributed by atoms with Crippen LogP contribution in [0.25, 0.3) is 0 Å². The summed E-state index contributed by atoms with van der Waals surface area (Å²) >= 11 is 0. The zero-order chi connectivity index (χ0) is 17.9. The molecule has 3 N–H and O–H groups in total.